The average molecular weight is 339 g/mol. The van der Waals surface area contributed by atoms with Gasteiger partial charge in [-0.3, -0.25) is 5.10 Å². The van der Waals surface area contributed by atoms with E-state index in [9.17, 15) is 4.79 Å². The molecule has 0 saturated heterocycles. The Morgan fingerprint density at radius 2 is 2.16 bits per heavy atom. The minimum Gasteiger partial charge on any atom is -0.445 e. The smallest absolute Gasteiger partial charge is 0.319 e. The van der Waals surface area contributed by atoms with Crippen LogP contribution < -0.4 is 10.6 Å². The average Bonchev–Trinajstić information content (AvgIpc) is 3.21. The summed E-state index contributed by atoms with van der Waals surface area (Å²) in [6.45, 7) is 5.86. The van der Waals surface area contributed by atoms with Crippen molar-refractivity contribution in [2.75, 3.05) is 5.32 Å². The van der Waals surface area contributed by atoms with Crippen LogP contribution in [0.2, 0.25) is 0 Å². The van der Waals surface area contributed by atoms with E-state index in [1.807, 2.05) is 45.0 Å². The molecular weight excluding hydrogens is 318 g/mol. The lowest BCUT2D eigenvalue weighted by Crippen LogP contribution is -2.37. The van der Waals surface area contributed by atoms with Gasteiger partial charge in [-0.2, -0.15) is 5.10 Å². The van der Waals surface area contributed by atoms with Crippen LogP contribution in [0.25, 0.3) is 11.5 Å². The van der Waals surface area contributed by atoms with Crippen LogP contribution in [0.3, 0.4) is 0 Å². The zero-order valence-electron chi connectivity index (χ0n) is 14.5. The van der Waals surface area contributed by atoms with Crippen LogP contribution in [0, 0.1) is 13.8 Å². The Morgan fingerprint density at radius 1 is 1.32 bits per heavy atom. The van der Waals surface area contributed by atoms with Crippen LogP contribution >= 0.6 is 0 Å². The summed E-state index contributed by atoms with van der Waals surface area (Å²) < 4.78 is 5.34. The molecule has 25 heavy (non-hydrogen) atoms. The van der Waals surface area contributed by atoms with Crippen LogP contribution in [0.5, 0.6) is 0 Å². The number of aromatic nitrogens is 3. The van der Waals surface area contributed by atoms with Crippen molar-refractivity contribution in [3.63, 3.8) is 0 Å². The number of nitrogens with zero attached hydrogens (tertiary/aromatic N) is 2. The SMILES string of the molecule is Cc1cc(C[C@@H](C)NC(=O)Nc2ccc(C)c(-c3ncco3)c2)n[nH]1. The second kappa shape index (κ2) is 7.21. The molecule has 2 aromatic heterocycles. The number of carbonyl (C=O) groups is 1. The van der Waals surface area contributed by atoms with Crippen LogP contribution in [-0.2, 0) is 6.42 Å². The van der Waals surface area contributed by atoms with Gasteiger partial charge in [0, 0.05) is 29.4 Å². The highest BCUT2D eigenvalue weighted by molar-refractivity contribution is 5.90. The van der Waals surface area contributed by atoms with Crippen molar-refractivity contribution in [1.82, 2.24) is 20.5 Å². The molecule has 3 aromatic rings. The molecule has 0 radical (unpaired) electrons. The summed E-state index contributed by atoms with van der Waals surface area (Å²) in [4.78, 5) is 16.4. The highest BCUT2D eigenvalue weighted by atomic mass is 16.3. The number of amides is 2. The molecule has 130 valence electrons. The normalized spacial score (nSPS) is 12.0. The van der Waals surface area contributed by atoms with E-state index in [1.165, 1.54) is 6.26 Å². The Morgan fingerprint density at radius 3 is 2.84 bits per heavy atom. The summed E-state index contributed by atoms with van der Waals surface area (Å²) in [5.41, 5.74) is 4.48. The number of H-pyrrole nitrogens is 1. The molecule has 0 aliphatic heterocycles. The van der Waals surface area contributed by atoms with Gasteiger partial charge in [0.15, 0.2) is 0 Å². The molecule has 0 unspecified atom stereocenters. The highest BCUT2D eigenvalue weighted by Crippen LogP contribution is 2.25. The molecule has 0 aliphatic rings. The van der Waals surface area contributed by atoms with Gasteiger partial charge in [0.25, 0.3) is 0 Å². The summed E-state index contributed by atoms with van der Waals surface area (Å²) in [6, 6.07) is 7.29. The molecule has 0 bridgehead atoms. The molecule has 2 amide bonds. The predicted octanol–water partition coefficient (Wildman–Crippen LogP) is 3.43. The van der Waals surface area contributed by atoms with E-state index in [4.69, 9.17) is 4.42 Å². The van der Waals surface area contributed by atoms with Crippen molar-refractivity contribution in [3.05, 3.63) is 53.7 Å². The number of hydrogen-bond donors (Lipinski definition) is 3. The lowest BCUT2D eigenvalue weighted by atomic mass is 10.1. The van der Waals surface area contributed by atoms with Crippen molar-refractivity contribution in [2.24, 2.45) is 0 Å². The second-order valence-electron chi connectivity index (χ2n) is 6.11. The Balaban J connectivity index is 1.62. The molecular formula is C18H21N5O2. The summed E-state index contributed by atoms with van der Waals surface area (Å²) in [5, 5.41) is 12.8. The van der Waals surface area contributed by atoms with Gasteiger partial charge in [0.05, 0.1) is 11.9 Å². The van der Waals surface area contributed by atoms with Gasteiger partial charge < -0.3 is 15.1 Å². The first-order chi connectivity index (χ1) is 12.0. The van der Waals surface area contributed by atoms with Crippen LogP contribution in [0.1, 0.15) is 23.9 Å². The molecule has 3 N–H and O–H groups in total. The molecule has 2 heterocycles. The molecule has 0 fully saturated rings. The van der Waals surface area contributed by atoms with Gasteiger partial charge in [0.2, 0.25) is 5.89 Å². The van der Waals surface area contributed by atoms with Gasteiger partial charge in [-0.15, -0.1) is 0 Å². The van der Waals surface area contributed by atoms with E-state index >= 15 is 0 Å². The first-order valence-electron chi connectivity index (χ1n) is 8.10. The summed E-state index contributed by atoms with van der Waals surface area (Å²) in [7, 11) is 0. The summed E-state index contributed by atoms with van der Waals surface area (Å²) >= 11 is 0. The van der Waals surface area contributed by atoms with Gasteiger partial charge in [-0.1, -0.05) is 6.07 Å². The van der Waals surface area contributed by atoms with Crippen LogP contribution in [0.15, 0.2) is 41.1 Å². The third-order valence-corrected chi connectivity index (χ3v) is 3.81. The second-order valence-corrected chi connectivity index (χ2v) is 6.11. The fourth-order valence-corrected chi connectivity index (χ4v) is 2.62. The first-order valence-corrected chi connectivity index (χ1v) is 8.10. The van der Waals surface area contributed by atoms with Crippen LogP contribution in [-0.4, -0.2) is 27.3 Å². The lowest BCUT2D eigenvalue weighted by molar-refractivity contribution is 0.249. The van der Waals surface area contributed by atoms with Crippen molar-refractivity contribution in [1.29, 1.82) is 0 Å². The Bertz CT molecular complexity index is 854. The van der Waals surface area contributed by atoms with Crippen LogP contribution in [0.4, 0.5) is 10.5 Å². The quantitative estimate of drug-likeness (QED) is 0.663. The van der Waals surface area contributed by atoms with E-state index in [-0.39, 0.29) is 12.1 Å². The molecule has 7 heteroatoms. The van der Waals surface area contributed by atoms with Gasteiger partial charge in [0.1, 0.15) is 6.26 Å². The van der Waals surface area contributed by atoms with E-state index in [2.05, 4.69) is 25.8 Å². The van der Waals surface area contributed by atoms with Crippen molar-refractivity contribution in [3.8, 4) is 11.5 Å². The molecule has 1 aromatic carbocycles. The standard InChI is InChI=1S/C18H21N5O2/c1-11-4-5-14(10-16(11)17-19-6-7-25-17)21-18(24)20-12(2)8-15-9-13(3)22-23-15/h4-7,9-10,12H,8H2,1-3H3,(H,22,23)(H2,20,21,24)/t12-/m1/s1. The number of nitrogens with one attached hydrogen (secondary N) is 3. The fourth-order valence-electron chi connectivity index (χ4n) is 2.62. The zero-order valence-corrected chi connectivity index (χ0v) is 14.5. The lowest BCUT2D eigenvalue weighted by Gasteiger charge is -2.14. The third kappa shape index (κ3) is 4.26. The van der Waals surface area contributed by atoms with Gasteiger partial charge in [-0.05, 0) is 44.5 Å². The number of aryl methyl sites for hydroxylation is 2. The van der Waals surface area contributed by atoms with E-state index in [1.54, 1.807) is 6.20 Å². The summed E-state index contributed by atoms with van der Waals surface area (Å²) in [5.74, 6) is 0.531. The monoisotopic (exact) mass is 339 g/mol. The van der Waals surface area contributed by atoms with Crippen molar-refractivity contribution >= 4 is 11.7 Å². The molecule has 3 rings (SSSR count). The number of hydrogen-bond acceptors (Lipinski definition) is 4. The number of benzene rings is 1. The highest BCUT2D eigenvalue weighted by Gasteiger charge is 2.12. The number of rotatable bonds is 5. The Hall–Kier alpha value is -3.09. The fraction of sp³-hybridized carbons (Fsp3) is 0.278. The maximum absolute atomic E-state index is 12.2. The van der Waals surface area contributed by atoms with Crippen molar-refractivity contribution in [2.45, 2.75) is 33.2 Å². The third-order valence-electron chi connectivity index (χ3n) is 3.81. The van der Waals surface area contributed by atoms with Gasteiger partial charge >= 0.3 is 6.03 Å². The largest absolute Gasteiger partial charge is 0.445 e. The Labute approximate surface area is 145 Å². The summed E-state index contributed by atoms with van der Waals surface area (Å²) in [6.07, 6.45) is 3.78. The maximum Gasteiger partial charge on any atom is 0.319 e. The van der Waals surface area contributed by atoms with E-state index in [0.29, 0.717) is 18.0 Å². The molecule has 0 saturated carbocycles. The number of carbonyl (C=O) groups excluding carboxylic acids is 1. The number of oxazole rings is 1. The Kier molecular flexibility index (Phi) is 4.83. The number of anilines is 1. The van der Waals surface area contributed by atoms with Gasteiger partial charge in [-0.25, -0.2) is 9.78 Å². The van der Waals surface area contributed by atoms with E-state index < -0.39 is 0 Å². The minimum atomic E-state index is -0.262. The van der Waals surface area contributed by atoms with Crippen molar-refractivity contribution < 1.29 is 9.21 Å². The molecule has 0 aliphatic carbocycles. The first kappa shape index (κ1) is 16.8. The topological polar surface area (TPSA) is 95.8 Å². The zero-order chi connectivity index (χ0) is 17.8. The number of aromatic amines is 1. The maximum atomic E-state index is 12.2. The predicted molar refractivity (Wildman–Crippen MR) is 95.3 cm³/mol. The molecule has 0 spiro atoms. The molecule has 7 nitrogen and oxygen atoms in total. The molecule has 1 atom stereocenters. The number of urea groups is 1. The minimum absolute atomic E-state index is 0.0423. The van der Waals surface area contributed by atoms with E-state index in [0.717, 1.165) is 22.5 Å².